The highest BCUT2D eigenvalue weighted by molar-refractivity contribution is 7.76. The molecule has 0 heterocycles. The van der Waals surface area contributed by atoms with E-state index >= 15 is 0 Å². The molecule has 0 amide bonds. The van der Waals surface area contributed by atoms with Gasteiger partial charge >= 0.3 is 0 Å². The molecule has 0 aromatic heterocycles. The Labute approximate surface area is 114 Å². The molecule has 0 aliphatic carbocycles. The van der Waals surface area contributed by atoms with Crippen molar-refractivity contribution in [2.75, 3.05) is 5.90 Å². The summed E-state index contributed by atoms with van der Waals surface area (Å²) in [5, 5.41) is 16.4. The van der Waals surface area contributed by atoms with Crippen molar-refractivity contribution < 1.29 is 29.1 Å². The minimum atomic E-state index is -4.28. The molecule has 19 heavy (non-hydrogen) atoms. The Hall–Kier alpha value is 0.300. The van der Waals surface area contributed by atoms with Crippen LogP contribution in [0.3, 0.4) is 0 Å². The van der Waals surface area contributed by atoms with Gasteiger partial charge in [0.1, 0.15) is 16.6 Å². The molecule has 6 nitrogen and oxygen atoms in total. The lowest BCUT2D eigenvalue weighted by Gasteiger charge is -2.36. The molecule has 0 rings (SSSR count). The topological polar surface area (TPSA) is 115 Å². The van der Waals surface area contributed by atoms with Gasteiger partial charge in [0, 0.05) is 0 Å². The first-order chi connectivity index (χ1) is 8.45. The van der Waals surface area contributed by atoms with Crippen LogP contribution in [0.1, 0.15) is 53.4 Å². The van der Waals surface area contributed by atoms with E-state index in [2.05, 4.69) is 0 Å². The predicted molar refractivity (Wildman–Crippen MR) is 75.6 cm³/mol. The third-order valence-corrected chi connectivity index (χ3v) is 10.9. The second-order valence-corrected chi connectivity index (χ2v) is 10.5. The zero-order valence-electron chi connectivity index (χ0n) is 12.0. The molecule has 0 bridgehead atoms. The largest absolute Gasteiger partial charge is 0.380 e. The lowest BCUT2D eigenvalue weighted by Crippen LogP contribution is -2.32. The summed E-state index contributed by atoms with van der Waals surface area (Å²) >= 11 is 0. The monoisotopic (exact) mass is 316 g/mol. The van der Waals surface area contributed by atoms with E-state index in [4.69, 9.17) is 0 Å². The fourth-order valence-corrected chi connectivity index (χ4v) is 8.17. The summed E-state index contributed by atoms with van der Waals surface area (Å²) in [6.07, 6.45) is 0.0316. The summed E-state index contributed by atoms with van der Waals surface area (Å²) in [6, 6.07) is 0. The van der Waals surface area contributed by atoms with Gasteiger partial charge in [-0.3, -0.25) is 9.13 Å². The highest BCUT2D eigenvalue weighted by atomic mass is 31.2. The van der Waals surface area contributed by atoms with E-state index in [1.807, 2.05) is 0 Å². The highest BCUT2D eigenvalue weighted by Crippen LogP contribution is 2.69. The predicted octanol–water partition coefficient (Wildman–Crippen LogP) is 2.50. The molecule has 0 spiro atoms. The molecular formula is C11H26O6P2. The van der Waals surface area contributed by atoms with Crippen LogP contribution in [-0.4, -0.2) is 36.6 Å². The van der Waals surface area contributed by atoms with E-state index in [0.717, 1.165) is 0 Å². The van der Waals surface area contributed by atoms with Crippen LogP contribution in [-0.2, 0) is 9.13 Å². The summed E-state index contributed by atoms with van der Waals surface area (Å²) < 4.78 is 24.5. The van der Waals surface area contributed by atoms with Gasteiger partial charge < -0.3 is 20.0 Å². The average molecular weight is 316 g/mol. The molecule has 0 saturated carbocycles. The lowest BCUT2D eigenvalue weighted by molar-refractivity contribution is 0.0959. The molecule has 2 atom stereocenters. The Morgan fingerprint density at radius 3 is 1.11 bits per heavy atom. The Morgan fingerprint density at radius 1 is 0.737 bits per heavy atom. The third kappa shape index (κ3) is 3.69. The fraction of sp³-hybridized carbons (Fsp3) is 1.00. The quantitative estimate of drug-likeness (QED) is 0.511. The van der Waals surface area contributed by atoms with Crippen LogP contribution < -0.4 is 0 Å². The molecule has 0 fully saturated rings. The van der Waals surface area contributed by atoms with Crippen molar-refractivity contribution >= 4 is 14.7 Å². The van der Waals surface area contributed by atoms with Gasteiger partial charge in [0.25, 0.3) is 0 Å². The summed E-state index contributed by atoms with van der Waals surface area (Å²) in [4.78, 5) is 20.0. The van der Waals surface area contributed by atoms with E-state index in [0.29, 0.717) is 0 Å². The zero-order chi connectivity index (χ0) is 15.5. The van der Waals surface area contributed by atoms with E-state index in [1.165, 1.54) is 0 Å². The number of rotatable bonds is 8. The second-order valence-electron chi connectivity index (χ2n) is 4.92. The van der Waals surface area contributed by atoms with E-state index in [-0.39, 0.29) is 25.7 Å². The van der Waals surface area contributed by atoms with Gasteiger partial charge in [-0.2, -0.15) is 0 Å². The maximum atomic E-state index is 12.3. The molecule has 0 aliphatic heterocycles. The summed E-state index contributed by atoms with van der Waals surface area (Å²) in [7, 11) is -8.55. The lowest BCUT2D eigenvalue weighted by atomic mass is 10.2. The van der Waals surface area contributed by atoms with Gasteiger partial charge in [-0.1, -0.05) is 27.7 Å². The molecule has 2 unspecified atom stereocenters. The maximum absolute atomic E-state index is 12.3. The van der Waals surface area contributed by atoms with Gasteiger partial charge in [0.05, 0.1) is 0 Å². The Kier molecular flexibility index (Phi) is 6.48. The summed E-state index contributed by atoms with van der Waals surface area (Å²) in [6.45, 7) is 6.17. The van der Waals surface area contributed by atoms with Crippen LogP contribution in [0.15, 0.2) is 0 Å². The van der Waals surface area contributed by atoms with Crippen molar-refractivity contribution in [1.82, 2.24) is 0 Å². The van der Waals surface area contributed by atoms with Gasteiger partial charge in [0.2, 0.25) is 14.7 Å². The van der Waals surface area contributed by atoms with E-state index < -0.39 is 31.3 Å². The van der Waals surface area contributed by atoms with Crippen LogP contribution in [0.5, 0.6) is 0 Å². The number of aliphatic hydroxyl groups is 2. The number of hydrogen-bond acceptors (Lipinski definition) is 4. The first kappa shape index (κ1) is 19.3. The second kappa shape index (κ2) is 6.38. The smallest absolute Gasteiger partial charge is 0.240 e. The molecule has 8 heteroatoms. The van der Waals surface area contributed by atoms with Gasteiger partial charge in [-0.05, 0) is 25.7 Å². The molecule has 0 saturated heterocycles. The SMILES string of the molecule is CCC(O)(CC)P(=O)(O)CP(=O)(O)C(O)(CC)CC. The van der Waals surface area contributed by atoms with Crippen molar-refractivity contribution in [3.63, 3.8) is 0 Å². The van der Waals surface area contributed by atoms with Crippen molar-refractivity contribution in [1.29, 1.82) is 0 Å². The van der Waals surface area contributed by atoms with Crippen LogP contribution in [0.2, 0.25) is 0 Å². The Bertz CT molecular complexity index is 351. The van der Waals surface area contributed by atoms with E-state index in [1.54, 1.807) is 27.7 Å². The van der Waals surface area contributed by atoms with Crippen molar-refractivity contribution in [2.45, 2.75) is 64.1 Å². The molecule has 0 aromatic carbocycles. The van der Waals surface area contributed by atoms with Crippen LogP contribution in [0.4, 0.5) is 0 Å². The summed E-state index contributed by atoms with van der Waals surface area (Å²) in [5.74, 6) is -0.962. The Balaban J connectivity index is 5.45. The van der Waals surface area contributed by atoms with Crippen molar-refractivity contribution in [3.05, 3.63) is 0 Å². The highest BCUT2D eigenvalue weighted by Gasteiger charge is 2.52. The fourth-order valence-electron chi connectivity index (χ4n) is 2.01. The van der Waals surface area contributed by atoms with Crippen LogP contribution in [0.25, 0.3) is 0 Å². The minimum absolute atomic E-state index is 0.00789. The van der Waals surface area contributed by atoms with Gasteiger partial charge in [-0.25, -0.2) is 0 Å². The molecule has 0 radical (unpaired) electrons. The van der Waals surface area contributed by atoms with Crippen LogP contribution in [0, 0.1) is 0 Å². The molecule has 116 valence electrons. The molecular weight excluding hydrogens is 290 g/mol. The number of hydrogen-bond donors (Lipinski definition) is 4. The minimum Gasteiger partial charge on any atom is -0.380 e. The normalized spacial score (nSPS) is 19.8. The third-order valence-electron chi connectivity index (χ3n) is 3.95. The van der Waals surface area contributed by atoms with Crippen molar-refractivity contribution in [2.24, 2.45) is 0 Å². The van der Waals surface area contributed by atoms with Gasteiger partial charge in [-0.15, -0.1) is 0 Å². The molecule has 4 N–H and O–H groups in total. The zero-order valence-corrected chi connectivity index (χ0v) is 13.8. The molecule has 0 aliphatic rings. The van der Waals surface area contributed by atoms with Gasteiger partial charge in [0.15, 0.2) is 0 Å². The molecule has 0 aromatic rings. The average Bonchev–Trinajstić information content (AvgIpc) is 2.34. The standard InChI is InChI=1S/C11H26O6P2/c1-5-10(12,6-2)18(14,15)9-19(16,17)11(13,7-3)8-4/h12-13H,5-9H2,1-4H3,(H,14,15)(H,16,17). The first-order valence-corrected chi connectivity index (χ1v) is 10.2. The maximum Gasteiger partial charge on any atom is 0.240 e. The first-order valence-electron chi connectivity index (χ1n) is 6.53. The van der Waals surface area contributed by atoms with Crippen LogP contribution >= 0.6 is 14.7 Å². The van der Waals surface area contributed by atoms with E-state index in [9.17, 15) is 29.1 Å². The van der Waals surface area contributed by atoms with Crippen molar-refractivity contribution in [3.8, 4) is 0 Å². The Morgan fingerprint density at radius 2 is 0.947 bits per heavy atom. The summed E-state index contributed by atoms with van der Waals surface area (Å²) in [5.41, 5.74) is 0.